The van der Waals surface area contributed by atoms with Gasteiger partial charge in [0.2, 0.25) is 5.88 Å². The molecule has 1 unspecified atom stereocenters. The van der Waals surface area contributed by atoms with E-state index in [2.05, 4.69) is 5.32 Å². The van der Waals surface area contributed by atoms with Crippen LogP contribution in [0.1, 0.15) is 31.0 Å². The summed E-state index contributed by atoms with van der Waals surface area (Å²) in [6.07, 6.45) is 0. The van der Waals surface area contributed by atoms with E-state index in [0.717, 1.165) is 27.9 Å². The van der Waals surface area contributed by atoms with Gasteiger partial charge in [0.1, 0.15) is 11.3 Å². The molecular formula is C32H31N3O5. The number of aromatic nitrogens is 2. The first kappa shape index (κ1) is 26.7. The van der Waals surface area contributed by atoms with Crippen LogP contribution in [0.15, 0.2) is 90.3 Å². The Bertz CT molecular complexity index is 1550. The van der Waals surface area contributed by atoms with E-state index in [1.165, 1.54) is 0 Å². The van der Waals surface area contributed by atoms with Crippen molar-refractivity contribution in [2.75, 3.05) is 18.5 Å². The normalized spacial score (nSPS) is 14.2. The molecule has 1 aliphatic rings. The number of esters is 2. The van der Waals surface area contributed by atoms with Crippen molar-refractivity contribution in [2.24, 2.45) is 0 Å². The number of ether oxygens (including phenoxy) is 3. The van der Waals surface area contributed by atoms with E-state index in [0.29, 0.717) is 11.4 Å². The average Bonchev–Trinajstić information content (AvgIpc) is 3.34. The fraction of sp³-hybridized carbons (Fsp3) is 0.219. The van der Waals surface area contributed by atoms with Gasteiger partial charge in [-0.05, 0) is 38.8 Å². The highest BCUT2D eigenvalue weighted by Crippen LogP contribution is 2.44. The third-order valence-electron chi connectivity index (χ3n) is 6.67. The summed E-state index contributed by atoms with van der Waals surface area (Å²) in [5, 5.41) is 3.28. The lowest BCUT2D eigenvalue weighted by Crippen LogP contribution is -2.36. The topological polar surface area (TPSA) is 91.7 Å². The first-order valence-corrected chi connectivity index (χ1v) is 13.3. The van der Waals surface area contributed by atoms with Crippen molar-refractivity contribution in [3.05, 3.63) is 101 Å². The van der Waals surface area contributed by atoms with Gasteiger partial charge >= 0.3 is 17.9 Å². The van der Waals surface area contributed by atoms with Crippen LogP contribution >= 0.6 is 0 Å². The fourth-order valence-corrected chi connectivity index (χ4v) is 4.87. The van der Waals surface area contributed by atoms with Crippen molar-refractivity contribution in [1.82, 2.24) is 9.55 Å². The number of aryl methyl sites for hydroxylation is 2. The second kappa shape index (κ2) is 11.5. The van der Waals surface area contributed by atoms with Crippen LogP contribution in [-0.4, -0.2) is 34.7 Å². The molecule has 1 N–H and O–H groups in total. The number of para-hydroxylation sites is 1. The van der Waals surface area contributed by atoms with E-state index < -0.39 is 18.0 Å². The lowest BCUT2D eigenvalue weighted by molar-refractivity contribution is -0.150. The van der Waals surface area contributed by atoms with E-state index in [9.17, 15) is 9.59 Å². The van der Waals surface area contributed by atoms with Gasteiger partial charge in [-0.3, -0.25) is 4.57 Å². The minimum Gasteiger partial charge on any atom is -0.464 e. The molecule has 0 spiro atoms. The smallest absolute Gasteiger partial charge is 0.342 e. The SMILES string of the molecule is CCOC(=O)C1=C(Nc2c(C)cccc2C)Oc2nc(-c3ccccc3)c(-c3ccccc3)n2C1C(=O)OCC. The van der Waals surface area contributed by atoms with Gasteiger partial charge in [-0.25, -0.2) is 9.59 Å². The van der Waals surface area contributed by atoms with Crippen LogP contribution < -0.4 is 10.1 Å². The second-order valence-electron chi connectivity index (χ2n) is 9.31. The van der Waals surface area contributed by atoms with E-state index in [1.807, 2.05) is 92.7 Å². The minimum atomic E-state index is -1.21. The van der Waals surface area contributed by atoms with Crippen molar-refractivity contribution >= 4 is 17.6 Å². The number of carbonyl (C=O) groups excluding carboxylic acids is 2. The second-order valence-corrected chi connectivity index (χ2v) is 9.31. The summed E-state index contributed by atoms with van der Waals surface area (Å²) in [4.78, 5) is 32.2. The van der Waals surface area contributed by atoms with Gasteiger partial charge in [-0.2, -0.15) is 4.98 Å². The van der Waals surface area contributed by atoms with Crippen LogP contribution in [0.25, 0.3) is 22.5 Å². The molecule has 4 aromatic rings. The van der Waals surface area contributed by atoms with Gasteiger partial charge in [-0.1, -0.05) is 78.9 Å². The molecule has 2 heterocycles. The molecule has 0 fully saturated rings. The highest BCUT2D eigenvalue weighted by atomic mass is 16.6. The third-order valence-corrected chi connectivity index (χ3v) is 6.67. The Labute approximate surface area is 233 Å². The maximum Gasteiger partial charge on any atom is 0.342 e. The molecule has 1 aliphatic heterocycles. The lowest BCUT2D eigenvalue weighted by Gasteiger charge is -2.29. The van der Waals surface area contributed by atoms with Gasteiger partial charge in [0.05, 0.1) is 18.9 Å². The van der Waals surface area contributed by atoms with E-state index in [4.69, 9.17) is 19.2 Å². The summed E-state index contributed by atoms with van der Waals surface area (Å²) in [7, 11) is 0. The zero-order chi connectivity index (χ0) is 28.2. The number of anilines is 1. The summed E-state index contributed by atoms with van der Waals surface area (Å²) in [6.45, 7) is 7.59. The summed E-state index contributed by atoms with van der Waals surface area (Å²) >= 11 is 0. The zero-order valence-electron chi connectivity index (χ0n) is 22.9. The first-order chi connectivity index (χ1) is 19.4. The van der Waals surface area contributed by atoms with E-state index >= 15 is 0 Å². The standard InChI is InChI=1S/C32H31N3O5/c1-5-38-30(36)24-28(31(37)39-6-2)35-27(23-18-11-8-12-19-23)26(22-16-9-7-10-17-22)34-32(35)40-29(24)33-25-20(3)14-13-15-21(25)4/h7-19,28,33H,5-6H2,1-4H3. The molecule has 8 heteroatoms. The molecule has 40 heavy (non-hydrogen) atoms. The first-order valence-electron chi connectivity index (χ1n) is 13.3. The molecule has 1 aromatic heterocycles. The summed E-state index contributed by atoms with van der Waals surface area (Å²) in [5.74, 6) is -1.23. The predicted molar refractivity (Wildman–Crippen MR) is 153 cm³/mol. The predicted octanol–water partition coefficient (Wildman–Crippen LogP) is 6.22. The molecule has 0 radical (unpaired) electrons. The summed E-state index contributed by atoms with van der Waals surface area (Å²) in [5.41, 5.74) is 5.49. The minimum absolute atomic E-state index is 0.00430. The quantitative estimate of drug-likeness (QED) is 0.267. The molecule has 0 aliphatic carbocycles. The molecule has 1 atom stereocenters. The Morgan fingerprint density at radius 2 is 1.45 bits per heavy atom. The molecule has 0 bridgehead atoms. The Kier molecular flexibility index (Phi) is 7.68. The molecule has 0 amide bonds. The van der Waals surface area contributed by atoms with Gasteiger partial charge in [0.25, 0.3) is 0 Å². The van der Waals surface area contributed by atoms with E-state index in [1.54, 1.807) is 18.4 Å². The van der Waals surface area contributed by atoms with Gasteiger partial charge < -0.3 is 19.5 Å². The van der Waals surface area contributed by atoms with Crippen molar-refractivity contribution in [2.45, 2.75) is 33.7 Å². The van der Waals surface area contributed by atoms with Gasteiger partial charge in [0.15, 0.2) is 6.04 Å². The zero-order valence-corrected chi connectivity index (χ0v) is 22.9. The van der Waals surface area contributed by atoms with Gasteiger partial charge in [-0.15, -0.1) is 0 Å². The Hall–Kier alpha value is -4.85. The maximum atomic E-state index is 13.7. The lowest BCUT2D eigenvalue weighted by atomic mass is 10.0. The van der Waals surface area contributed by atoms with Crippen molar-refractivity contribution in [3.63, 3.8) is 0 Å². The molecular weight excluding hydrogens is 506 g/mol. The fourth-order valence-electron chi connectivity index (χ4n) is 4.87. The third kappa shape index (κ3) is 4.96. The number of hydrogen-bond acceptors (Lipinski definition) is 7. The number of hydrogen-bond donors (Lipinski definition) is 1. The maximum absolute atomic E-state index is 13.7. The molecule has 3 aromatic carbocycles. The average molecular weight is 538 g/mol. The number of imidazole rings is 1. The van der Waals surface area contributed by atoms with Crippen LogP contribution in [0.4, 0.5) is 5.69 Å². The van der Waals surface area contributed by atoms with Crippen LogP contribution in [0.5, 0.6) is 6.01 Å². The number of nitrogens with one attached hydrogen (secondary N) is 1. The number of benzene rings is 3. The molecule has 8 nitrogen and oxygen atoms in total. The largest absolute Gasteiger partial charge is 0.464 e. The molecule has 204 valence electrons. The van der Waals surface area contributed by atoms with Crippen LogP contribution in [0.2, 0.25) is 0 Å². The Balaban J connectivity index is 1.80. The van der Waals surface area contributed by atoms with Crippen LogP contribution in [0.3, 0.4) is 0 Å². The molecule has 0 saturated carbocycles. The molecule has 0 saturated heterocycles. The summed E-state index contributed by atoms with van der Waals surface area (Å²) in [6, 6.07) is 24.0. The number of rotatable bonds is 8. The van der Waals surface area contributed by atoms with Crippen molar-refractivity contribution < 1.29 is 23.8 Å². The number of nitrogens with zero attached hydrogens (tertiary/aromatic N) is 2. The number of carbonyl (C=O) groups is 2. The highest BCUT2D eigenvalue weighted by Gasteiger charge is 2.44. The highest BCUT2D eigenvalue weighted by molar-refractivity contribution is 5.99. The van der Waals surface area contributed by atoms with Crippen LogP contribution in [0, 0.1) is 13.8 Å². The van der Waals surface area contributed by atoms with Crippen molar-refractivity contribution in [1.29, 1.82) is 0 Å². The Morgan fingerprint density at radius 1 is 0.850 bits per heavy atom. The monoisotopic (exact) mass is 537 g/mol. The molecule has 5 rings (SSSR count). The number of fused-ring (bicyclic) bond motifs is 1. The van der Waals surface area contributed by atoms with Crippen LogP contribution in [-0.2, 0) is 19.1 Å². The van der Waals surface area contributed by atoms with Gasteiger partial charge in [0, 0.05) is 16.8 Å². The summed E-state index contributed by atoms with van der Waals surface area (Å²) < 4.78 is 19.0. The Morgan fingerprint density at radius 3 is 2.05 bits per heavy atom. The van der Waals surface area contributed by atoms with Crippen molar-refractivity contribution in [3.8, 4) is 28.5 Å². The van der Waals surface area contributed by atoms with E-state index in [-0.39, 0.29) is 30.7 Å².